The number of aliphatic hydroxyl groups excluding tert-OH is 1. The van der Waals surface area contributed by atoms with E-state index in [1.807, 2.05) is 55.7 Å². The van der Waals surface area contributed by atoms with Crippen LogP contribution in [0.4, 0.5) is 8.78 Å². The molecule has 2 atom stereocenters. The summed E-state index contributed by atoms with van der Waals surface area (Å²) in [5, 5.41) is 14.9. The summed E-state index contributed by atoms with van der Waals surface area (Å²) in [6.45, 7) is 3.87. The molecule has 3 aromatic rings. The van der Waals surface area contributed by atoms with Gasteiger partial charge in [-0.05, 0) is 41.7 Å². The number of aromatic nitrogens is 1. The average Bonchev–Trinajstić information content (AvgIpc) is 3.67. The Morgan fingerprint density at radius 1 is 0.945 bits per heavy atom. The molecule has 0 spiro atoms. The first-order valence-electron chi connectivity index (χ1n) is 17.5. The quantitative estimate of drug-likeness (QED) is 0.139. The standard InChI is InChI=1S/C38H46F2N6O8S/c1-38(2,3)36(31-19-26(28-20-27(39)9-10-29(28)40)22-44(31)21-25-7-5-4-6-8-25)45(35(51)24-47)16-13-30(41)37(52)43-15-18-55(53,54)17-14-42-32(48)23-46-33(49)11-12-34(46)50/h4-12,19-20,22,30,36,47H,13-18,21,23-24,41H2,1-3H3,(H,42,48)(H,43,52). The van der Waals surface area contributed by atoms with E-state index in [0.717, 1.165) is 35.9 Å². The molecule has 4 rings (SSSR count). The summed E-state index contributed by atoms with van der Waals surface area (Å²) >= 11 is 0. The van der Waals surface area contributed by atoms with Crippen molar-refractivity contribution in [2.75, 3.05) is 44.3 Å². The van der Waals surface area contributed by atoms with Crippen LogP contribution in [-0.4, -0.2) is 108 Å². The number of rotatable bonds is 18. The van der Waals surface area contributed by atoms with E-state index in [9.17, 15) is 41.9 Å². The van der Waals surface area contributed by atoms with Gasteiger partial charge in [-0.3, -0.25) is 28.9 Å². The van der Waals surface area contributed by atoms with Crippen LogP contribution in [0.15, 0.2) is 72.9 Å². The molecule has 55 heavy (non-hydrogen) atoms. The van der Waals surface area contributed by atoms with Gasteiger partial charge in [0.05, 0.1) is 23.6 Å². The molecule has 17 heteroatoms. The van der Waals surface area contributed by atoms with Crippen molar-refractivity contribution in [3.05, 3.63) is 95.8 Å². The largest absolute Gasteiger partial charge is 0.387 e. The molecule has 5 amide bonds. The van der Waals surface area contributed by atoms with Crippen LogP contribution in [0.25, 0.3) is 11.1 Å². The minimum Gasteiger partial charge on any atom is -0.387 e. The molecule has 1 aliphatic rings. The van der Waals surface area contributed by atoms with Gasteiger partial charge in [0.15, 0.2) is 9.84 Å². The number of nitrogens with zero attached hydrogens (tertiary/aromatic N) is 3. The number of imide groups is 1. The number of halogens is 2. The lowest BCUT2D eigenvalue weighted by Gasteiger charge is -2.41. The molecule has 5 N–H and O–H groups in total. The Bertz CT molecular complexity index is 2010. The average molecular weight is 785 g/mol. The van der Waals surface area contributed by atoms with Crippen molar-refractivity contribution in [3.8, 4) is 11.1 Å². The van der Waals surface area contributed by atoms with Gasteiger partial charge in [-0.15, -0.1) is 0 Å². The monoisotopic (exact) mass is 784 g/mol. The second-order valence-corrected chi connectivity index (χ2v) is 16.5. The Morgan fingerprint density at radius 3 is 2.20 bits per heavy atom. The van der Waals surface area contributed by atoms with E-state index in [0.29, 0.717) is 22.7 Å². The third-order valence-corrected chi connectivity index (χ3v) is 10.6. The van der Waals surface area contributed by atoms with Crippen LogP contribution in [0.1, 0.15) is 44.5 Å². The van der Waals surface area contributed by atoms with Crippen LogP contribution in [0.2, 0.25) is 0 Å². The highest BCUT2D eigenvalue weighted by atomic mass is 32.2. The summed E-state index contributed by atoms with van der Waals surface area (Å²) in [4.78, 5) is 63.7. The number of aliphatic hydroxyl groups is 1. The fraction of sp³-hybridized carbons (Fsp3) is 0.395. The van der Waals surface area contributed by atoms with Crippen molar-refractivity contribution in [3.63, 3.8) is 0 Å². The van der Waals surface area contributed by atoms with Crippen molar-refractivity contribution < 1.29 is 46.3 Å². The van der Waals surface area contributed by atoms with Gasteiger partial charge in [-0.25, -0.2) is 17.2 Å². The molecule has 0 saturated carbocycles. The molecule has 1 aromatic heterocycles. The van der Waals surface area contributed by atoms with E-state index in [1.54, 1.807) is 12.3 Å². The third kappa shape index (κ3) is 11.6. The molecule has 0 radical (unpaired) electrons. The van der Waals surface area contributed by atoms with Crippen LogP contribution in [-0.2, 0) is 40.4 Å². The summed E-state index contributed by atoms with van der Waals surface area (Å²) in [5.41, 5.74) is 7.35. The summed E-state index contributed by atoms with van der Waals surface area (Å²) in [5.74, 6) is -5.55. The van der Waals surface area contributed by atoms with Crippen molar-refractivity contribution in [1.82, 2.24) is 25.0 Å². The highest BCUT2D eigenvalue weighted by Gasteiger charge is 2.37. The molecule has 0 bridgehead atoms. The van der Waals surface area contributed by atoms with Gasteiger partial charge >= 0.3 is 0 Å². The van der Waals surface area contributed by atoms with Crippen LogP contribution in [0, 0.1) is 17.0 Å². The topological polar surface area (TPSA) is 201 Å². The maximum atomic E-state index is 15.0. The SMILES string of the molecule is CC(C)(C)C(c1cc(-c2cc(F)ccc2F)cn1Cc1ccccc1)N(CCC(N)C(=O)NCCS(=O)(=O)CCNC(=O)CN1C(=O)C=CC1=O)C(=O)CO. The lowest BCUT2D eigenvalue weighted by molar-refractivity contribution is -0.141. The summed E-state index contributed by atoms with van der Waals surface area (Å²) in [6.07, 6.45) is 3.65. The normalized spacial score (nSPS) is 14.2. The first kappa shape index (κ1) is 42.5. The van der Waals surface area contributed by atoms with Crippen LogP contribution >= 0.6 is 0 Å². The van der Waals surface area contributed by atoms with Gasteiger partial charge in [0.25, 0.3) is 11.8 Å². The molecule has 296 valence electrons. The highest BCUT2D eigenvalue weighted by Crippen LogP contribution is 2.41. The zero-order valence-electron chi connectivity index (χ0n) is 30.8. The van der Waals surface area contributed by atoms with Gasteiger partial charge in [-0.2, -0.15) is 0 Å². The number of carbonyl (C=O) groups excluding carboxylic acids is 5. The second kappa shape index (κ2) is 18.4. The van der Waals surface area contributed by atoms with Crippen molar-refractivity contribution in [2.45, 2.75) is 45.8 Å². The summed E-state index contributed by atoms with van der Waals surface area (Å²) in [6, 6.07) is 12.3. The first-order valence-corrected chi connectivity index (χ1v) is 19.4. The lowest BCUT2D eigenvalue weighted by atomic mass is 9.82. The molecular weight excluding hydrogens is 739 g/mol. The Morgan fingerprint density at radius 2 is 1.58 bits per heavy atom. The fourth-order valence-corrected chi connectivity index (χ4v) is 7.24. The third-order valence-electron chi connectivity index (χ3n) is 8.90. The van der Waals surface area contributed by atoms with E-state index < -0.39 is 93.2 Å². The summed E-state index contributed by atoms with van der Waals surface area (Å²) in [7, 11) is -3.75. The number of amides is 5. The zero-order valence-corrected chi connectivity index (χ0v) is 31.7. The maximum absolute atomic E-state index is 15.0. The van der Waals surface area contributed by atoms with Crippen LogP contribution < -0.4 is 16.4 Å². The zero-order chi connectivity index (χ0) is 40.5. The second-order valence-electron chi connectivity index (χ2n) is 14.2. The van der Waals surface area contributed by atoms with Gasteiger partial charge in [-0.1, -0.05) is 51.1 Å². The Balaban J connectivity index is 1.43. The first-order chi connectivity index (χ1) is 25.9. The van der Waals surface area contributed by atoms with Crippen molar-refractivity contribution in [1.29, 1.82) is 0 Å². The maximum Gasteiger partial charge on any atom is 0.254 e. The molecule has 0 fully saturated rings. The summed E-state index contributed by atoms with van der Waals surface area (Å²) < 4.78 is 56.2. The van der Waals surface area contributed by atoms with E-state index in [-0.39, 0.29) is 31.6 Å². The number of benzene rings is 2. The Hall–Kier alpha value is -5.26. The molecule has 2 heterocycles. The number of sulfone groups is 1. The number of hydrogen-bond donors (Lipinski definition) is 4. The Kier molecular flexibility index (Phi) is 14.2. The van der Waals surface area contributed by atoms with Crippen LogP contribution in [0.5, 0.6) is 0 Å². The minimum absolute atomic E-state index is 0.0249. The van der Waals surface area contributed by atoms with E-state index in [4.69, 9.17) is 5.73 Å². The molecular formula is C38H46F2N6O8S. The van der Waals surface area contributed by atoms with Gasteiger partial charge < -0.3 is 30.9 Å². The minimum atomic E-state index is -3.75. The predicted molar refractivity (Wildman–Crippen MR) is 199 cm³/mol. The number of nitrogens with two attached hydrogens (primary N) is 1. The highest BCUT2D eigenvalue weighted by molar-refractivity contribution is 7.91. The van der Waals surface area contributed by atoms with Gasteiger partial charge in [0.1, 0.15) is 24.8 Å². The van der Waals surface area contributed by atoms with Gasteiger partial charge in [0, 0.05) is 61.3 Å². The Labute approximate surface area is 318 Å². The van der Waals surface area contributed by atoms with E-state index in [2.05, 4.69) is 10.6 Å². The lowest BCUT2D eigenvalue weighted by Crippen LogP contribution is -2.48. The molecule has 14 nitrogen and oxygen atoms in total. The number of hydrogen-bond acceptors (Lipinski definition) is 9. The fourth-order valence-electron chi connectivity index (χ4n) is 6.21. The smallest absolute Gasteiger partial charge is 0.254 e. The number of carbonyl (C=O) groups is 5. The van der Waals surface area contributed by atoms with E-state index >= 15 is 4.39 Å². The van der Waals surface area contributed by atoms with Gasteiger partial charge in [0.2, 0.25) is 17.7 Å². The van der Waals surface area contributed by atoms with E-state index in [1.165, 1.54) is 4.90 Å². The van der Waals surface area contributed by atoms with Crippen LogP contribution in [0.3, 0.4) is 0 Å². The van der Waals surface area contributed by atoms with Crippen molar-refractivity contribution in [2.24, 2.45) is 11.1 Å². The molecule has 2 aromatic carbocycles. The molecule has 1 aliphatic heterocycles. The number of nitrogens with one attached hydrogen (secondary N) is 2. The molecule has 0 saturated heterocycles. The van der Waals surface area contributed by atoms with Crippen molar-refractivity contribution >= 4 is 39.4 Å². The molecule has 0 aliphatic carbocycles. The predicted octanol–water partition coefficient (Wildman–Crippen LogP) is 1.68. The molecule has 2 unspecified atom stereocenters.